The van der Waals surface area contributed by atoms with Crippen LogP contribution in [0.15, 0.2) is 18.3 Å². The van der Waals surface area contributed by atoms with Gasteiger partial charge in [-0.2, -0.15) is 0 Å². The zero-order valence-corrected chi connectivity index (χ0v) is 10.0. The Morgan fingerprint density at radius 1 is 1.50 bits per heavy atom. The first-order chi connectivity index (χ1) is 8.49. The summed E-state index contributed by atoms with van der Waals surface area (Å²) in [6.07, 6.45) is 0.602. The van der Waals surface area contributed by atoms with Crippen molar-refractivity contribution >= 4 is 23.5 Å². The molecule has 1 aromatic heterocycles. The smallest absolute Gasteiger partial charge is 0.326 e. The fraction of sp³-hybridized carbons (Fsp3) is 0.364. The number of aromatic nitrogens is 1. The maximum absolute atomic E-state index is 12.1. The monoisotopic (exact) mass is 270 g/mol. The molecule has 2 N–H and O–H groups in total. The molecule has 0 radical (unpaired) electrons. The number of amides is 1. The van der Waals surface area contributed by atoms with Crippen molar-refractivity contribution < 1.29 is 19.8 Å². The molecule has 2 rings (SSSR count). The number of hydrogen-bond donors (Lipinski definition) is 2. The van der Waals surface area contributed by atoms with E-state index in [1.54, 1.807) is 0 Å². The maximum atomic E-state index is 12.1. The number of carbonyl (C=O) groups excluding carboxylic acids is 1. The molecular weight excluding hydrogens is 260 g/mol. The van der Waals surface area contributed by atoms with Gasteiger partial charge in [-0.3, -0.25) is 4.79 Å². The number of halogens is 1. The Balaban J connectivity index is 2.25. The molecule has 18 heavy (non-hydrogen) atoms. The van der Waals surface area contributed by atoms with Crippen molar-refractivity contribution in [2.24, 2.45) is 0 Å². The van der Waals surface area contributed by atoms with E-state index in [1.807, 2.05) is 0 Å². The summed E-state index contributed by atoms with van der Waals surface area (Å²) < 4.78 is 0. The second-order valence-corrected chi connectivity index (χ2v) is 4.46. The summed E-state index contributed by atoms with van der Waals surface area (Å²) in [6.45, 7) is 0.00966. The molecule has 96 valence electrons. The molecule has 1 saturated heterocycles. The molecule has 0 bridgehead atoms. The van der Waals surface area contributed by atoms with Gasteiger partial charge in [0.05, 0.1) is 6.10 Å². The number of pyridine rings is 1. The minimum absolute atomic E-state index is 0.00966. The Bertz CT molecular complexity index is 494. The van der Waals surface area contributed by atoms with Crippen molar-refractivity contribution in [3.05, 3.63) is 29.0 Å². The van der Waals surface area contributed by atoms with Crippen molar-refractivity contribution in [3.63, 3.8) is 0 Å². The number of rotatable bonds is 2. The van der Waals surface area contributed by atoms with E-state index in [-0.39, 0.29) is 23.7 Å². The first kappa shape index (κ1) is 12.8. The molecule has 0 aromatic carbocycles. The standard InChI is InChI=1S/C11H11ClN2O4/c12-9-3-6(1-2-13-9)10(16)14-5-7(15)4-8(14)11(17)18/h1-3,7-8,15H,4-5H2,(H,17,18). The number of aliphatic hydroxyl groups is 1. The van der Waals surface area contributed by atoms with E-state index in [1.165, 1.54) is 18.3 Å². The average Bonchev–Trinajstić information content (AvgIpc) is 2.70. The molecule has 1 fully saturated rings. The Morgan fingerprint density at radius 2 is 2.22 bits per heavy atom. The first-order valence-electron chi connectivity index (χ1n) is 5.32. The molecule has 1 amide bonds. The lowest BCUT2D eigenvalue weighted by atomic mass is 10.2. The predicted octanol–water partition coefficient (Wildman–Crippen LogP) is 0.395. The molecule has 2 atom stereocenters. The van der Waals surface area contributed by atoms with E-state index in [0.29, 0.717) is 0 Å². The summed E-state index contributed by atoms with van der Waals surface area (Å²) in [5.41, 5.74) is 0.260. The molecule has 0 aliphatic carbocycles. The average molecular weight is 271 g/mol. The zero-order valence-electron chi connectivity index (χ0n) is 9.28. The van der Waals surface area contributed by atoms with Crippen LogP contribution < -0.4 is 0 Å². The third kappa shape index (κ3) is 2.44. The highest BCUT2D eigenvalue weighted by Crippen LogP contribution is 2.21. The molecular formula is C11H11ClN2O4. The first-order valence-corrected chi connectivity index (χ1v) is 5.70. The number of likely N-dealkylation sites (tertiary alicyclic amines) is 1. The Hall–Kier alpha value is -1.66. The molecule has 1 aliphatic rings. The number of carboxylic acids is 1. The molecule has 7 heteroatoms. The SMILES string of the molecule is O=C(O)C1CC(O)CN1C(=O)c1ccnc(Cl)c1. The van der Waals surface area contributed by atoms with Crippen molar-refractivity contribution in [1.82, 2.24) is 9.88 Å². The van der Waals surface area contributed by atoms with Crippen molar-refractivity contribution in [2.75, 3.05) is 6.54 Å². The maximum Gasteiger partial charge on any atom is 0.326 e. The van der Waals surface area contributed by atoms with Crippen LogP contribution in [0.25, 0.3) is 0 Å². The highest BCUT2D eigenvalue weighted by atomic mass is 35.5. The highest BCUT2D eigenvalue weighted by molar-refractivity contribution is 6.29. The quantitative estimate of drug-likeness (QED) is 0.759. The third-order valence-electron chi connectivity index (χ3n) is 2.80. The largest absolute Gasteiger partial charge is 0.480 e. The lowest BCUT2D eigenvalue weighted by molar-refractivity contribution is -0.141. The summed E-state index contributed by atoms with van der Waals surface area (Å²) in [4.78, 5) is 28.0. The number of aliphatic hydroxyl groups excluding tert-OH is 1. The van der Waals surface area contributed by atoms with Gasteiger partial charge in [0.1, 0.15) is 11.2 Å². The molecule has 0 spiro atoms. The molecule has 6 nitrogen and oxygen atoms in total. The molecule has 1 aromatic rings. The number of carboxylic acid groups (broad SMARTS) is 1. The minimum atomic E-state index is -1.12. The lowest BCUT2D eigenvalue weighted by Gasteiger charge is -2.21. The van der Waals surface area contributed by atoms with Crippen LogP contribution in [-0.4, -0.2) is 50.7 Å². The summed E-state index contributed by atoms with van der Waals surface area (Å²) in [5.74, 6) is -1.59. The highest BCUT2D eigenvalue weighted by Gasteiger charge is 2.39. The van der Waals surface area contributed by atoms with Crippen LogP contribution in [0.1, 0.15) is 16.8 Å². The van der Waals surface area contributed by atoms with E-state index in [9.17, 15) is 14.7 Å². The van der Waals surface area contributed by atoms with Gasteiger partial charge in [-0.1, -0.05) is 11.6 Å². The predicted molar refractivity (Wildman–Crippen MR) is 62.3 cm³/mol. The number of β-amino-alcohol motifs (C(OH)–C–C–N with tert-alkyl or cyclic N) is 1. The van der Waals surface area contributed by atoms with Crippen LogP contribution in [0.4, 0.5) is 0 Å². The van der Waals surface area contributed by atoms with Gasteiger partial charge < -0.3 is 15.1 Å². The van der Waals surface area contributed by atoms with E-state index < -0.39 is 24.0 Å². The summed E-state index contributed by atoms with van der Waals surface area (Å²) in [5, 5.41) is 18.6. The van der Waals surface area contributed by atoms with Crippen LogP contribution in [0.2, 0.25) is 5.15 Å². The molecule has 1 aliphatic heterocycles. The molecule has 0 saturated carbocycles. The van der Waals surface area contributed by atoms with Gasteiger partial charge in [-0.15, -0.1) is 0 Å². The van der Waals surface area contributed by atoms with E-state index in [2.05, 4.69) is 4.98 Å². The Morgan fingerprint density at radius 3 is 2.83 bits per heavy atom. The van der Waals surface area contributed by atoms with E-state index in [4.69, 9.17) is 16.7 Å². The van der Waals surface area contributed by atoms with Gasteiger partial charge in [0.15, 0.2) is 0 Å². The third-order valence-corrected chi connectivity index (χ3v) is 3.01. The Kier molecular flexibility index (Phi) is 3.49. The lowest BCUT2D eigenvalue weighted by Crippen LogP contribution is -2.40. The number of carbonyl (C=O) groups is 2. The number of nitrogens with zero attached hydrogens (tertiary/aromatic N) is 2. The Labute approximate surface area is 108 Å². The van der Waals surface area contributed by atoms with Gasteiger partial charge >= 0.3 is 5.97 Å². The van der Waals surface area contributed by atoms with Crippen molar-refractivity contribution in [2.45, 2.75) is 18.6 Å². The normalized spacial score (nSPS) is 23.1. The van der Waals surface area contributed by atoms with Gasteiger partial charge in [0.2, 0.25) is 0 Å². The number of hydrogen-bond acceptors (Lipinski definition) is 4. The number of aliphatic carboxylic acids is 1. The zero-order chi connectivity index (χ0) is 13.3. The topological polar surface area (TPSA) is 90.7 Å². The van der Waals surface area contributed by atoms with Crippen LogP contribution in [0.5, 0.6) is 0 Å². The van der Waals surface area contributed by atoms with Crippen molar-refractivity contribution in [3.8, 4) is 0 Å². The summed E-state index contributed by atoms with van der Waals surface area (Å²) in [6, 6.07) is 1.82. The van der Waals surface area contributed by atoms with Gasteiger partial charge in [-0.05, 0) is 12.1 Å². The van der Waals surface area contributed by atoms with Crippen molar-refractivity contribution in [1.29, 1.82) is 0 Å². The second kappa shape index (κ2) is 4.91. The van der Waals surface area contributed by atoms with Crippen LogP contribution in [0, 0.1) is 0 Å². The van der Waals surface area contributed by atoms with Crippen LogP contribution in [-0.2, 0) is 4.79 Å². The summed E-state index contributed by atoms with van der Waals surface area (Å²) in [7, 11) is 0. The van der Waals surface area contributed by atoms with E-state index in [0.717, 1.165) is 4.90 Å². The van der Waals surface area contributed by atoms with Gasteiger partial charge in [-0.25, -0.2) is 9.78 Å². The van der Waals surface area contributed by atoms with Crippen LogP contribution >= 0.6 is 11.6 Å². The van der Waals surface area contributed by atoms with Gasteiger partial charge in [0.25, 0.3) is 5.91 Å². The summed E-state index contributed by atoms with van der Waals surface area (Å²) >= 11 is 5.68. The van der Waals surface area contributed by atoms with Gasteiger partial charge in [0, 0.05) is 24.7 Å². The fourth-order valence-corrected chi connectivity index (χ4v) is 2.15. The molecule has 2 unspecified atom stereocenters. The molecule has 2 heterocycles. The van der Waals surface area contributed by atoms with E-state index >= 15 is 0 Å². The minimum Gasteiger partial charge on any atom is -0.480 e. The fourth-order valence-electron chi connectivity index (χ4n) is 1.97. The second-order valence-electron chi connectivity index (χ2n) is 4.07. The van der Waals surface area contributed by atoms with Crippen LogP contribution in [0.3, 0.4) is 0 Å².